The molecule has 23 heavy (non-hydrogen) atoms. The number of carbonyl (C=O) groups is 2. The van der Waals surface area contributed by atoms with E-state index in [2.05, 4.69) is 5.32 Å². The molecule has 3 rings (SSSR count). The number of fused-ring (bicyclic) bond motifs is 1. The maximum Gasteiger partial charge on any atom is 0.342 e. The Morgan fingerprint density at radius 3 is 2.57 bits per heavy atom. The highest BCUT2D eigenvalue weighted by Crippen LogP contribution is 2.26. The van der Waals surface area contributed by atoms with E-state index in [4.69, 9.17) is 9.47 Å². The molecule has 5 nitrogen and oxygen atoms in total. The van der Waals surface area contributed by atoms with Gasteiger partial charge in [-0.25, -0.2) is 4.79 Å². The minimum atomic E-state index is -0.452. The van der Waals surface area contributed by atoms with Gasteiger partial charge in [-0.2, -0.15) is 0 Å². The Hall–Kier alpha value is -3.08. The molecule has 0 saturated heterocycles. The second-order valence-electron chi connectivity index (χ2n) is 5.09. The maximum absolute atomic E-state index is 12.2. The molecule has 2 aromatic carbocycles. The van der Waals surface area contributed by atoms with Crippen LogP contribution in [0.2, 0.25) is 0 Å². The number of amides is 1. The second kappa shape index (κ2) is 6.36. The van der Waals surface area contributed by atoms with Crippen LogP contribution < -0.4 is 14.8 Å². The third-order valence-corrected chi connectivity index (χ3v) is 3.28. The molecule has 1 amide bonds. The first-order valence-corrected chi connectivity index (χ1v) is 7.14. The lowest BCUT2D eigenvalue weighted by atomic mass is 10.1. The van der Waals surface area contributed by atoms with Crippen LogP contribution >= 0.6 is 0 Å². The molecule has 1 aliphatic rings. The predicted molar refractivity (Wildman–Crippen MR) is 86.3 cm³/mol. The van der Waals surface area contributed by atoms with Gasteiger partial charge in [0.25, 0.3) is 0 Å². The van der Waals surface area contributed by atoms with E-state index in [1.54, 1.807) is 30.3 Å². The van der Waals surface area contributed by atoms with Crippen LogP contribution in [0.15, 0.2) is 54.1 Å². The Balaban J connectivity index is 1.70. The average molecular weight is 309 g/mol. The van der Waals surface area contributed by atoms with E-state index in [9.17, 15) is 9.59 Å². The molecule has 0 aromatic heterocycles. The Morgan fingerprint density at radius 2 is 1.83 bits per heavy atom. The average Bonchev–Trinajstić information content (AvgIpc) is 2.55. The van der Waals surface area contributed by atoms with Gasteiger partial charge in [0.1, 0.15) is 18.1 Å². The van der Waals surface area contributed by atoms with Crippen molar-refractivity contribution in [2.45, 2.75) is 6.92 Å². The van der Waals surface area contributed by atoms with Crippen LogP contribution in [0.25, 0.3) is 6.08 Å². The summed E-state index contributed by atoms with van der Waals surface area (Å²) in [5.74, 6) is 0.553. The number of esters is 1. The first-order chi connectivity index (χ1) is 11.1. The topological polar surface area (TPSA) is 64.6 Å². The molecule has 1 N–H and O–H groups in total. The third-order valence-electron chi connectivity index (χ3n) is 3.28. The van der Waals surface area contributed by atoms with Crippen LogP contribution in [-0.4, -0.2) is 18.5 Å². The number of nitrogens with one attached hydrogen (secondary N) is 1. The van der Waals surface area contributed by atoms with Gasteiger partial charge >= 0.3 is 5.97 Å². The van der Waals surface area contributed by atoms with Gasteiger partial charge in [0.05, 0.1) is 5.57 Å². The zero-order chi connectivity index (χ0) is 16.2. The largest absolute Gasteiger partial charge is 0.488 e. The van der Waals surface area contributed by atoms with Crippen LogP contribution in [0.5, 0.6) is 11.5 Å². The quantitative estimate of drug-likeness (QED) is 0.699. The number of anilines is 1. The van der Waals surface area contributed by atoms with Crippen LogP contribution in [0.1, 0.15) is 12.5 Å². The van der Waals surface area contributed by atoms with Gasteiger partial charge in [-0.15, -0.1) is 0 Å². The highest BCUT2D eigenvalue weighted by atomic mass is 16.5. The molecule has 0 unspecified atom stereocenters. The fraction of sp³-hybridized carbons (Fsp3) is 0.111. The Bertz CT molecular complexity index is 778. The van der Waals surface area contributed by atoms with Crippen molar-refractivity contribution in [2.24, 2.45) is 0 Å². The van der Waals surface area contributed by atoms with E-state index in [1.807, 2.05) is 24.3 Å². The number of para-hydroxylation sites is 1. The van der Waals surface area contributed by atoms with Crippen molar-refractivity contribution in [1.29, 1.82) is 0 Å². The van der Waals surface area contributed by atoms with Crippen molar-refractivity contribution in [3.8, 4) is 11.5 Å². The molecule has 1 aliphatic heterocycles. The first-order valence-electron chi connectivity index (χ1n) is 7.14. The molecule has 0 aliphatic carbocycles. The van der Waals surface area contributed by atoms with Crippen molar-refractivity contribution in [1.82, 2.24) is 0 Å². The van der Waals surface area contributed by atoms with E-state index in [0.29, 0.717) is 17.0 Å². The molecule has 0 radical (unpaired) electrons. The van der Waals surface area contributed by atoms with Crippen LogP contribution in [-0.2, 0) is 9.59 Å². The molecule has 2 aromatic rings. The van der Waals surface area contributed by atoms with Gasteiger partial charge < -0.3 is 14.8 Å². The Kier molecular flexibility index (Phi) is 4.10. The van der Waals surface area contributed by atoms with Crippen molar-refractivity contribution in [3.05, 3.63) is 59.7 Å². The van der Waals surface area contributed by atoms with Crippen molar-refractivity contribution >= 4 is 23.6 Å². The standard InChI is InChI=1S/C18H15NO4/c1-12(20)19-15-6-8-16(9-7-15)23-18(21)14-10-13-4-2-3-5-17(13)22-11-14/h2-10H,11H2,1H3,(H,19,20). The van der Waals surface area contributed by atoms with Gasteiger partial charge in [-0.3, -0.25) is 4.79 Å². The maximum atomic E-state index is 12.2. The summed E-state index contributed by atoms with van der Waals surface area (Å²) in [7, 11) is 0. The van der Waals surface area contributed by atoms with Gasteiger partial charge in [0, 0.05) is 18.2 Å². The number of rotatable bonds is 3. The highest BCUT2D eigenvalue weighted by molar-refractivity contribution is 5.96. The summed E-state index contributed by atoms with van der Waals surface area (Å²) in [5.41, 5.74) is 1.95. The Labute approximate surface area is 133 Å². The molecular weight excluding hydrogens is 294 g/mol. The van der Waals surface area contributed by atoms with Crippen LogP contribution in [0.4, 0.5) is 5.69 Å². The van der Waals surface area contributed by atoms with Gasteiger partial charge in [0.15, 0.2) is 0 Å². The van der Waals surface area contributed by atoms with E-state index in [-0.39, 0.29) is 12.5 Å². The fourth-order valence-electron chi connectivity index (χ4n) is 2.22. The van der Waals surface area contributed by atoms with E-state index in [1.165, 1.54) is 6.92 Å². The Morgan fingerprint density at radius 1 is 1.09 bits per heavy atom. The van der Waals surface area contributed by atoms with Gasteiger partial charge in [-0.05, 0) is 36.4 Å². The summed E-state index contributed by atoms with van der Waals surface area (Å²) in [6.07, 6.45) is 1.77. The first kappa shape index (κ1) is 14.8. The number of benzene rings is 2. The monoisotopic (exact) mass is 309 g/mol. The summed E-state index contributed by atoms with van der Waals surface area (Å²) < 4.78 is 10.9. The summed E-state index contributed by atoms with van der Waals surface area (Å²) >= 11 is 0. The van der Waals surface area contributed by atoms with E-state index < -0.39 is 5.97 Å². The molecule has 0 spiro atoms. The van der Waals surface area contributed by atoms with Crippen molar-refractivity contribution < 1.29 is 19.1 Å². The minimum absolute atomic E-state index is 0.155. The smallest absolute Gasteiger partial charge is 0.342 e. The van der Waals surface area contributed by atoms with Gasteiger partial charge in [-0.1, -0.05) is 18.2 Å². The summed E-state index contributed by atoms with van der Waals surface area (Å²) in [6, 6.07) is 14.1. The van der Waals surface area contributed by atoms with Crippen molar-refractivity contribution in [3.63, 3.8) is 0 Å². The fourth-order valence-corrected chi connectivity index (χ4v) is 2.22. The lowest BCUT2D eigenvalue weighted by Crippen LogP contribution is -2.19. The summed E-state index contributed by atoms with van der Waals surface area (Å²) in [5, 5.41) is 2.65. The lowest BCUT2D eigenvalue weighted by molar-refractivity contribution is -0.130. The molecule has 0 fully saturated rings. The zero-order valence-corrected chi connectivity index (χ0v) is 12.5. The lowest BCUT2D eigenvalue weighted by Gasteiger charge is -2.16. The molecular formula is C18H15NO4. The second-order valence-corrected chi connectivity index (χ2v) is 5.09. The summed E-state index contributed by atoms with van der Waals surface area (Å²) in [4.78, 5) is 23.2. The number of hydrogen-bond donors (Lipinski definition) is 1. The predicted octanol–water partition coefficient (Wildman–Crippen LogP) is 3.03. The highest BCUT2D eigenvalue weighted by Gasteiger charge is 2.18. The van der Waals surface area contributed by atoms with E-state index in [0.717, 1.165) is 11.3 Å². The minimum Gasteiger partial charge on any atom is -0.488 e. The molecule has 0 atom stereocenters. The van der Waals surface area contributed by atoms with Crippen molar-refractivity contribution in [2.75, 3.05) is 11.9 Å². The number of carbonyl (C=O) groups excluding carboxylic acids is 2. The molecule has 5 heteroatoms. The molecule has 0 saturated carbocycles. The summed E-state index contributed by atoms with van der Waals surface area (Å²) in [6.45, 7) is 1.61. The van der Waals surface area contributed by atoms with Crippen LogP contribution in [0, 0.1) is 0 Å². The molecule has 1 heterocycles. The molecule has 0 bridgehead atoms. The SMILES string of the molecule is CC(=O)Nc1ccc(OC(=O)C2=Cc3ccccc3OC2)cc1. The van der Waals surface area contributed by atoms with Crippen LogP contribution in [0.3, 0.4) is 0 Å². The van der Waals surface area contributed by atoms with Gasteiger partial charge in [0.2, 0.25) is 5.91 Å². The van der Waals surface area contributed by atoms with E-state index >= 15 is 0 Å². The third kappa shape index (κ3) is 3.58. The molecule has 116 valence electrons. The normalized spacial score (nSPS) is 12.5. The number of ether oxygens (including phenoxy) is 2. The zero-order valence-electron chi connectivity index (χ0n) is 12.5. The number of hydrogen-bond acceptors (Lipinski definition) is 4.